The second-order valence-corrected chi connectivity index (χ2v) is 4.36. The Balaban J connectivity index is 2.86. The van der Waals surface area contributed by atoms with Crippen molar-refractivity contribution in [3.05, 3.63) is 39.9 Å². The van der Waals surface area contributed by atoms with Crippen LogP contribution in [0.15, 0.2) is 23.1 Å². The molecule has 0 fully saturated rings. The number of carbonyl (C=O) groups is 1. The summed E-state index contributed by atoms with van der Waals surface area (Å²) in [5.41, 5.74) is -0.232. The highest BCUT2D eigenvalue weighted by molar-refractivity contribution is 5.95. The van der Waals surface area contributed by atoms with Crippen LogP contribution in [0.1, 0.15) is 24.2 Å². The number of halogens is 1. The van der Waals surface area contributed by atoms with Gasteiger partial charge in [-0.05, 0) is 26.0 Å². The second-order valence-electron chi connectivity index (χ2n) is 4.36. The number of esters is 1. The number of nitrogens with zero attached hydrogens (tertiary/aromatic N) is 1. The molecule has 21 heavy (non-hydrogen) atoms. The lowest BCUT2D eigenvalue weighted by molar-refractivity contribution is 0.0524. The number of pyridine rings is 1. The van der Waals surface area contributed by atoms with Crippen LogP contribution >= 0.6 is 0 Å². The highest BCUT2D eigenvalue weighted by atomic mass is 19.1. The Morgan fingerprint density at radius 3 is 2.62 bits per heavy atom. The lowest BCUT2D eigenvalue weighted by Gasteiger charge is -2.14. The number of hydrogen-bond donors (Lipinski definition) is 0. The second kappa shape index (κ2) is 5.95. The monoisotopic (exact) mass is 293 g/mol. The third-order valence-electron chi connectivity index (χ3n) is 3.18. The Labute approximate surface area is 120 Å². The van der Waals surface area contributed by atoms with Crippen LogP contribution in [0.3, 0.4) is 0 Å². The lowest BCUT2D eigenvalue weighted by atomic mass is 10.1. The van der Waals surface area contributed by atoms with Crippen LogP contribution in [-0.4, -0.2) is 24.3 Å². The van der Waals surface area contributed by atoms with E-state index in [1.807, 2.05) is 6.92 Å². The normalized spacial score (nSPS) is 10.7. The molecule has 0 bridgehead atoms. The van der Waals surface area contributed by atoms with E-state index in [1.54, 1.807) is 11.5 Å². The molecule has 0 unspecified atom stereocenters. The van der Waals surface area contributed by atoms with Crippen LogP contribution in [0.4, 0.5) is 4.39 Å². The minimum absolute atomic E-state index is 0.0122. The molecular formula is C15H16FNO4. The maximum Gasteiger partial charge on any atom is 0.343 e. The minimum atomic E-state index is -0.685. The molecular weight excluding hydrogens is 277 g/mol. The summed E-state index contributed by atoms with van der Waals surface area (Å²) in [7, 11) is 1.33. The smallest absolute Gasteiger partial charge is 0.343 e. The topological polar surface area (TPSA) is 57.5 Å². The number of aryl methyl sites for hydroxylation is 1. The van der Waals surface area contributed by atoms with Crippen LogP contribution in [0.2, 0.25) is 0 Å². The molecule has 0 amide bonds. The SMILES string of the molecule is CCOC(=O)c1cn(CC)c2c(OC)c(F)ccc2c1=O. The maximum absolute atomic E-state index is 13.8. The van der Waals surface area contributed by atoms with E-state index in [0.29, 0.717) is 12.1 Å². The van der Waals surface area contributed by atoms with Crippen molar-refractivity contribution in [2.45, 2.75) is 20.4 Å². The van der Waals surface area contributed by atoms with Gasteiger partial charge in [-0.15, -0.1) is 0 Å². The van der Waals surface area contributed by atoms with Crippen LogP contribution < -0.4 is 10.2 Å². The van der Waals surface area contributed by atoms with Gasteiger partial charge in [0.1, 0.15) is 5.56 Å². The maximum atomic E-state index is 13.8. The number of aromatic nitrogens is 1. The quantitative estimate of drug-likeness (QED) is 0.812. The fourth-order valence-corrected chi connectivity index (χ4v) is 2.24. The standard InChI is InChI=1S/C15H16FNO4/c1-4-17-8-10(15(19)21-5-2)13(18)9-6-7-11(16)14(20-3)12(9)17/h6-8H,4-5H2,1-3H3. The third-order valence-corrected chi connectivity index (χ3v) is 3.18. The van der Waals surface area contributed by atoms with Gasteiger partial charge >= 0.3 is 5.97 Å². The Kier molecular flexibility index (Phi) is 4.26. The molecule has 0 aliphatic rings. The van der Waals surface area contributed by atoms with Gasteiger partial charge in [0.15, 0.2) is 11.6 Å². The first-order valence-electron chi connectivity index (χ1n) is 6.61. The van der Waals surface area contributed by atoms with Gasteiger partial charge in [0, 0.05) is 12.7 Å². The summed E-state index contributed by atoms with van der Waals surface area (Å²) in [6, 6.07) is 2.50. The van der Waals surface area contributed by atoms with E-state index in [0.717, 1.165) is 6.07 Å². The third kappa shape index (κ3) is 2.49. The van der Waals surface area contributed by atoms with E-state index in [4.69, 9.17) is 9.47 Å². The van der Waals surface area contributed by atoms with Gasteiger partial charge < -0.3 is 14.0 Å². The summed E-state index contributed by atoms with van der Waals surface area (Å²) < 4.78 is 25.4. The molecule has 5 nitrogen and oxygen atoms in total. The van der Waals surface area contributed by atoms with Crippen LogP contribution in [0, 0.1) is 5.82 Å². The van der Waals surface area contributed by atoms with Gasteiger partial charge in [-0.2, -0.15) is 0 Å². The van der Waals surface area contributed by atoms with Crippen molar-refractivity contribution in [1.82, 2.24) is 4.57 Å². The van der Waals surface area contributed by atoms with Crippen LogP contribution in [-0.2, 0) is 11.3 Å². The molecule has 6 heteroatoms. The number of rotatable bonds is 4. The zero-order valence-corrected chi connectivity index (χ0v) is 12.1. The van der Waals surface area contributed by atoms with E-state index in [1.165, 1.54) is 19.4 Å². The van der Waals surface area contributed by atoms with Gasteiger partial charge in [0.2, 0.25) is 5.43 Å². The molecule has 112 valence electrons. The fraction of sp³-hybridized carbons (Fsp3) is 0.333. The summed E-state index contributed by atoms with van der Waals surface area (Å²) >= 11 is 0. The average molecular weight is 293 g/mol. The van der Waals surface area contributed by atoms with E-state index in [-0.39, 0.29) is 23.3 Å². The molecule has 0 N–H and O–H groups in total. The molecule has 0 atom stereocenters. The van der Waals surface area contributed by atoms with Crippen molar-refractivity contribution in [1.29, 1.82) is 0 Å². The summed E-state index contributed by atoms with van der Waals surface area (Å²) in [6.45, 7) is 4.11. The summed E-state index contributed by atoms with van der Waals surface area (Å²) in [5.74, 6) is -1.26. The number of ether oxygens (including phenoxy) is 2. The molecule has 1 aromatic carbocycles. The van der Waals surface area contributed by atoms with Crippen molar-refractivity contribution >= 4 is 16.9 Å². The van der Waals surface area contributed by atoms with Crippen molar-refractivity contribution in [3.63, 3.8) is 0 Å². The Morgan fingerprint density at radius 1 is 1.33 bits per heavy atom. The van der Waals surface area contributed by atoms with Crippen molar-refractivity contribution < 1.29 is 18.7 Å². The number of carbonyl (C=O) groups excluding carboxylic acids is 1. The highest BCUT2D eigenvalue weighted by Gasteiger charge is 2.19. The van der Waals surface area contributed by atoms with Crippen molar-refractivity contribution in [3.8, 4) is 5.75 Å². The fourth-order valence-electron chi connectivity index (χ4n) is 2.24. The number of hydrogen-bond acceptors (Lipinski definition) is 4. The first-order chi connectivity index (χ1) is 10.0. The molecule has 0 aliphatic carbocycles. The Morgan fingerprint density at radius 2 is 2.05 bits per heavy atom. The van der Waals surface area contributed by atoms with Crippen molar-refractivity contribution in [2.75, 3.05) is 13.7 Å². The van der Waals surface area contributed by atoms with Gasteiger partial charge in [-0.3, -0.25) is 4.79 Å². The number of methoxy groups -OCH3 is 1. The summed E-state index contributed by atoms with van der Waals surface area (Å²) in [4.78, 5) is 24.3. The van der Waals surface area contributed by atoms with E-state index in [9.17, 15) is 14.0 Å². The lowest BCUT2D eigenvalue weighted by Crippen LogP contribution is -2.21. The summed E-state index contributed by atoms with van der Waals surface area (Å²) in [6.07, 6.45) is 1.38. The van der Waals surface area contributed by atoms with E-state index < -0.39 is 17.2 Å². The zero-order valence-electron chi connectivity index (χ0n) is 12.1. The van der Waals surface area contributed by atoms with Crippen LogP contribution in [0.25, 0.3) is 10.9 Å². The Hall–Kier alpha value is -2.37. The molecule has 1 heterocycles. The van der Waals surface area contributed by atoms with E-state index >= 15 is 0 Å². The predicted octanol–water partition coefficient (Wildman–Crippen LogP) is 2.35. The largest absolute Gasteiger partial charge is 0.492 e. The van der Waals surface area contributed by atoms with Gasteiger partial charge in [-0.1, -0.05) is 0 Å². The predicted molar refractivity (Wildman–Crippen MR) is 76.3 cm³/mol. The van der Waals surface area contributed by atoms with Crippen LogP contribution in [0.5, 0.6) is 5.75 Å². The number of benzene rings is 1. The molecule has 0 saturated heterocycles. The highest BCUT2D eigenvalue weighted by Crippen LogP contribution is 2.27. The average Bonchev–Trinajstić information content (AvgIpc) is 2.47. The molecule has 2 rings (SSSR count). The van der Waals surface area contributed by atoms with Crippen molar-refractivity contribution in [2.24, 2.45) is 0 Å². The zero-order chi connectivity index (χ0) is 15.6. The van der Waals surface area contributed by atoms with Gasteiger partial charge in [0.05, 0.1) is 24.6 Å². The molecule has 0 radical (unpaired) electrons. The first-order valence-corrected chi connectivity index (χ1v) is 6.61. The first kappa shape index (κ1) is 15.0. The van der Waals surface area contributed by atoms with Gasteiger partial charge in [0.25, 0.3) is 0 Å². The van der Waals surface area contributed by atoms with Gasteiger partial charge in [-0.25, -0.2) is 9.18 Å². The molecule has 2 aromatic rings. The minimum Gasteiger partial charge on any atom is -0.492 e. The van der Waals surface area contributed by atoms with E-state index in [2.05, 4.69) is 0 Å². The Bertz CT molecular complexity index is 751. The molecule has 0 spiro atoms. The number of fused-ring (bicyclic) bond motifs is 1. The molecule has 0 aliphatic heterocycles. The summed E-state index contributed by atoms with van der Waals surface area (Å²) in [5, 5.41) is 0.223. The molecule has 1 aromatic heterocycles. The molecule has 0 saturated carbocycles.